The van der Waals surface area contributed by atoms with Crippen LogP contribution in [0.15, 0.2) is 60.8 Å². The first kappa shape index (κ1) is 30.4. The average molecular weight is 570 g/mol. The molecule has 1 aromatic heterocycles. The third-order valence-electron chi connectivity index (χ3n) is 6.11. The summed E-state index contributed by atoms with van der Waals surface area (Å²) in [6.45, 7) is 2.93. The standard InChI is InChI=1S/C30H34Cl2N4O3/c31-26-18-24(19-27(32)29(26)33)28(37)21-36(20-22-9-4-3-5-10-22)14-6-1-2-7-15-39-16-8-11-25-17-23(30(34)38)12-13-35-25/h3-5,9-10,12-13,17-19,28,37H,1-2,6-7,14-16,20-21,33H2,(H2,34,38). The number of primary amides is 1. The van der Waals surface area contributed by atoms with E-state index in [1.54, 1.807) is 24.3 Å². The zero-order valence-electron chi connectivity index (χ0n) is 21.8. The number of amides is 1. The number of ether oxygens (including phenoxy) is 1. The summed E-state index contributed by atoms with van der Waals surface area (Å²) < 4.78 is 5.60. The van der Waals surface area contributed by atoms with Crippen molar-refractivity contribution in [1.82, 2.24) is 9.88 Å². The highest BCUT2D eigenvalue weighted by Gasteiger charge is 2.17. The second kappa shape index (κ2) is 16.1. The lowest BCUT2D eigenvalue weighted by Crippen LogP contribution is -2.29. The number of halogens is 2. The van der Waals surface area contributed by atoms with E-state index in [2.05, 4.69) is 33.9 Å². The number of nitrogens with two attached hydrogens (primary N) is 2. The van der Waals surface area contributed by atoms with E-state index in [1.807, 2.05) is 18.2 Å². The summed E-state index contributed by atoms with van der Waals surface area (Å²) in [7, 11) is 0. The molecule has 1 atom stereocenters. The zero-order valence-corrected chi connectivity index (χ0v) is 23.3. The Labute approximate surface area is 240 Å². The fourth-order valence-corrected chi connectivity index (χ4v) is 4.52. The van der Waals surface area contributed by atoms with Crippen LogP contribution in [-0.4, -0.2) is 47.2 Å². The van der Waals surface area contributed by atoms with Crippen LogP contribution in [0.25, 0.3) is 0 Å². The van der Waals surface area contributed by atoms with Gasteiger partial charge in [-0.05, 0) is 60.7 Å². The fraction of sp³-hybridized carbons (Fsp3) is 0.333. The lowest BCUT2D eigenvalue weighted by molar-refractivity contribution is 0.1000. The lowest BCUT2D eigenvalue weighted by Gasteiger charge is -2.26. The molecule has 1 amide bonds. The quantitative estimate of drug-likeness (QED) is 0.139. The maximum absolute atomic E-state index is 11.2. The Morgan fingerprint density at radius 1 is 1.05 bits per heavy atom. The molecule has 0 aliphatic carbocycles. The highest BCUT2D eigenvalue weighted by Crippen LogP contribution is 2.31. The largest absolute Gasteiger partial charge is 0.396 e. The van der Waals surface area contributed by atoms with Crippen molar-refractivity contribution in [1.29, 1.82) is 0 Å². The van der Waals surface area contributed by atoms with E-state index in [1.165, 1.54) is 11.8 Å². The van der Waals surface area contributed by atoms with Crippen LogP contribution in [0.5, 0.6) is 0 Å². The third kappa shape index (κ3) is 10.5. The number of carbonyl (C=O) groups excluding carboxylic acids is 1. The van der Waals surface area contributed by atoms with E-state index in [4.69, 9.17) is 39.4 Å². The van der Waals surface area contributed by atoms with Crippen LogP contribution in [-0.2, 0) is 11.3 Å². The minimum atomic E-state index is -0.743. The van der Waals surface area contributed by atoms with Crippen LogP contribution in [0, 0.1) is 11.8 Å². The number of pyridine rings is 1. The van der Waals surface area contributed by atoms with Gasteiger partial charge in [0.15, 0.2) is 0 Å². The lowest BCUT2D eigenvalue weighted by atomic mass is 10.1. The summed E-state index contributed by atoms with van der Waals surface area (Å²) in [5.41, 5.74) is 14.1. The number of nitrogens with zero attached hydrogens (tertiary/aromatic N) is 2. The molecule has 0 radical (unpaired) electrons. The molecule has 206 valence electrons. The Morgan fingerprint density at radius 2 is 1.77 bits per heavy atom. The van der Waals surface area contributed by atoms with Gasteiger partial charge < -0.3 is 21.3 Å². The molecule has 9 heteroatoms. The number of aliphatic hydroxyl groups excluding tert-OH is 1. The SMILES string of the molecule is NC(=O)c1ccnc(C#CCOCCCCCCN(Cc2ccccc2)CC(O)c2cc(Cl)c(N)c(Cl)c2)c1. The van der Waals surface area contributed by atoms with E-state index >= 15 is 0 Å². The summed E-state index contributed by atoms with van der Waals surface area (Å²) in [6.07, 6.45) is 4.76. The molecule has 0 saturated carbocycles. The van der Waals surface area contributed by atoms with Crippen LogP contribution in [0.1, 0.15) is 59.0 Å². The first-order valence-corrected chi connectivity index (χ1v) is 13.6. The first-order chi connectivity index (χ1) is 18.8. The number of anilines is 1. The summed E-state index contributed by atoms with van der Waals surface area (Å²) in [5, 5.41) is 11.6. The zero-order chi connectivity index (χ0) is 28.0. The maximum atomic E-state index is 11.2. The van der Waals surface area contributed by atoms with Gasteiger partial charge in [-0.3, -0.25) is 9.69 Å². The molecular weight excluding hydrogens is 535 g/mol. The molecule has 0 aliphatic heterocycles. The highest BCUT2D eigenvalue weighted by atomic mass is 35.5. The number of hydrogen-bond donors (Lipinski definition) is 3. The topological polar surface area (TPSA) is 115 Å². The monoisotopic (exact) mass is 568 g/mol. The minimum Gasteiger partial charge on any atom is -0.396 e. The molecule has 0 bridgehead atoms. The van der Waals surface area contributed by atoms with Gasteiger partial charge in [0.1, 0.15) is 12.3 Å². The number of rotatable bonds is 14. The van der Waals surface area contributed by atoms with E-state index in [0.717, 1.165) is 38.8 Å². The molecule has 3 rings (SSSR count). The van der Waals surface area contributed by atoms with Crippen LogP contribution in [0.2, 0.25) is 10.0 Å². The molecule has 1 heterocycles. The van der Waals surface area contributed by atoms with E-state index in [0.29, 0.717) is 52.3 Å². The molecule has 0 fully saturated rings. The van der Waals surface area contributed by atoms with Crippen molar-refractivity contribution in [2.45, 2.75) is 38.3 Å². The minimum absolute atomic E-state index is 0.296. The summed E-state index contributed by atoms with van der Waals surface area (Å²) >= 11 is 12.4. The number of nitrogen functional groups attached to an aromatic ring is 1. The number of aromatic nitrogens is 1. The third-order valence-corrected chi connectivity index (χ3v) is 6.74. The Balaban J connectivity index is 1.40. The maximum Gasteiger partial charge on any atom is 0.248 e. The molecule has 1 unspecified atom stereocenters. The van der Waals surface area contributed by atoms with Crippen LogP contribution in [0.4, 0.5) is 5.69 Å². The second-order valence-corrected chi connectivity index (χ2v) is 10.0. The molecular formula is C30H34Cl2N4O3. The molecule has 39 heavy (non-hydrogen) atoms. The second-order valence-electron chi connectivity index (χ2n) is 9.20. The molecule has 0 saturated heterocycles. The van der Waals surface area contributed by atoms with Crippen molar-refractivity contribution in [2.75, 3.05) is 32.0 Å². The van der Waals surface area contributed by atoms with Gasteiger partial charge in [0.25, 0.3) is 0 Å². The van der Waals surface area contributed by atoms with Crippen molar-refractivity contribution in [3.63, 3.8) is 0 Å². The summed E-state index contributed by atoms with van der Waals surface area (Å²) in [6, 6.07) is 16.7. The molecule has 0 spiro atoms. The van der Waals surface area contributed by atoms with Gasteiger partial charge in [-0.25, -0.2) is 4.98 Å². The van der Waals surface area contributed by atoms with Gasteiger partial charge in [-0.2, -0.15) is 0 Å². The van der Waals surface area contributed by atoms with Crippen molar-refractivity contribution in [2.24, 2.45) is 5.73 Å². The number of unbranched alkanes of at least 4 members (excludes halogenated alkanes) is 3. The molecule has 2 aromatic carbocycles. The molecule has 5 N–H and O–H groups in total. The Bertz CT molecular complexity index is 1250. The fourth-order valence-electron chi connectivity index (χ4n) is 4.02. The van der Waals surface area contributed by atoms with E-state index in [-0.39, 0.29) is 0 Å². The predicted molar refractivity (Wildman–Crippen MR) is 156 cm³/mol. The predicted octanol–water partition coefficient (Wildman–Crippen LogP) is 5.23. The van der Waals surface area contributed by atoms with Gasteiger partial charge in [0.2, 0.25) is 5.91 Å². The summed E-state index contributed by atoms with van der Waals surface area (Å²) in [5.74, 6) is 5.28. The van der Waals surface area contributed by atoms with Gasteiger partial charge in [0.05, 0.1) is 21.8 Å². The van der Waals surface area contributed by atoms with Crippen molar-refractivity contribution in [3.05, 3.63) is 93.2 Å². The van der Waals surface area contributed by atoms with Crippen LogP contribution < -0.4 is 11.5 Å². The molecule has 0 aliphatic rings. The van der Waals surface area contributed by atoms with Crippen LogP contribution >= 0.6 is 23.2 Å². The normalized spacial score (nSPS) is 11.7. The molecule has 7 nitrogen and oxygen atoms in total. The van der Waals surface area contributed by atoms with Gasteiger partial charge in [-0.1, -0.05) is 72.3 Å². The average Bonchev–Trinajstić information content (AvgIpc) is 2.93. The van der Waals surface area contributed by atoms with Crippen molar-refractivity contribution >= 4 is 34.8 Å². The number of benzene rings is 2. The Hall–Kier alpha value is -3.12. The highest BCUT2D eigenvalue weighted by molar-refractivity contribution is 6.38. The molecule has 3 aromatic rings. The number of hydrogen-bond acceptors (Lipinski definition) is 6. The van der Waals surface area contributed by atoms with E-state index in [9.17, 15) is 9.90 Å². The van der Waals surface area contributed by atoms with Gasteiger partial charge >= 0.3 is 0 Å². The van der Waals surface area contributed by atoms with Gasteiger partial charge in [0, 0.05) is 31.5 Å². The smallest absolute Gasteiger partial charge is 0.248 e. The Morgan fingerprint density at radius 3 is 2.49 bits per heavy atom. The Kier molecular flexibility index (Phi) is 12.6. The number of aliphatic hydroxyl groups is 1. The number of carbonyl (C=O) groups is 1. The van der Waals surface area contributed by atoms with Crippen molar-refractivity contribution < 1.29 is 14.6 Å². The summed E-state index contributed by atoms with van der Waals surface area (Å²) in [4.78, 5) is 17.6. The first-order valence-electron chi connectivity index (χ1n) is 12.8. The van der Waals surface area contributed by atoms with Gasteiger partial charge in [-0.15, -0.1) is 0 Å². The van der Waals surface area contributed by atoms with Crippen molar-refractivity contribution in [3.8, 4) is 11.8 Å². The van der Waals surface area contributed by atoms with Crippen LogP contribution in [0.3, 0.4) is 0 Å². The van der Waals surface area contributed by atoms with E-state index < -0.39 is 12.0 Å².